The first kappa shape index (κ1) is 14.1. The Morgan fingerprint density at radius 2 is 1.89 bits per heavy atom. The van der Waals surface area contributed by atoms with Gasteiger partial charge in [-0.25, -0.2) is 0 Å². The zero-order valence-electron chi connectivity index (χ0n) is 11.0. The van der Waals surface area contributed by atoms with Crippen LogP contribution in [0.4, 0.5) is 0 Å². The van der Waals surface area contributed by atoms with Crippen LogP contribution < -0.4 is 10.5 Å². The fourth-order valence-electron chi connectivity index (χ4n) is 2.07. The molecule has 0 aliphatic rings. The van der Waals surface area contributed by atoms with Crippen molar-refractivity contribution in [1.82, 2.24) is 0 Å². The number of hydrogen-bond acceptors (Lipinski definition) is 2. The van der Waals surface area contributed by atoms with Gasteiger partial charge < -0.3 is 10.5 Å². The van der Waals surface area contributed by atoms with Gasteiger partial charge in [0, 0.05) is 23.0 Å². The molecule has 0 saturated carbocycles. The smallest absolute Gasteiger partial charge is 0.126 e. The summed E-state index contributed by atoms with van der Waals surface area (Å²) in [5.74, 6) is 0.918. The molecule has 0 aliphatic carbocycles. The van der Waals surface area contributed by atoms with Gasteiger partial charge in [0.1, 0.15) is 5.75 Å². The van der Waals surface area contributed by atoms with Crippen LogP contribution >= 0.6 is 15.9 Å². The second-order valence-corrected chi connectivity index (χ2v) is 5.41. The molecule has 3 heteroatoms. The first-order valence-electron chi connectivity index (χ1n) is 6.36. The summed E-state index contributed by atoms with van der Waals surface area (Å²) in [6.45, 7) is 3.20. The standard InChI is InChI=1S/C16H18BrNO/c1-12-9-15(17)10-14(11-18)16(12)19-8-7-13-5-3-2-4-6-13/h2-6,9-10H,7-8,11,18H2,1H3. The predicted octanol–water partition coefficient (Wildman–Crippen LogP) is 3.84. The highest BCUT2D eigenvalue weighted by atomic mass is 79.9. The zero-order chi connectivity index (χ0) is 13.7. The molecule has 2 rings (SSSR count). The maximum Gasteiger partial charge on any atom is 0.126 e. The highest BCUT2D eigenvalue weighted by molar-refractivity contribution is 9.10. The molecule has 0 amide bonds. The summed E-state index contributed by atoms with van der Waals surface area (Å²) < 4.78 is 6.96. The van der Waals surface area contributed by atoms with Gasteiger partial charge in [0.25, 0.3) is 0 Å². The molecule has 0 heterocycles. The van der Waals surface area contributed by atoms with Gasteiger partial charge in [-0.05, 0) is 30.2 Å². The Hall–Kier alpha value is -1.32. The molecule has 100 valence electrons. The quantitative estimate of drug-likeness (QED) is 0.908. The first-order chi connectivity index (χ1) is 9.20. The van der Waals surface area contributed by atoms with E-state index in [1.54, 1.807) is 0 Å². The van der Waals surface area contributed by atoms with Gasteiger partial charge in [-0.15, -0.1) is 0 Å². The van der Waals surface area contributed by atoms with Gasteiger partial charge in [0.05, 0.1) is 6.61 Å². The van der Waals surface area contributed by atoms with Crippen molar-refractivity contribution in [3.8, 4) is 5.75 Å². The maximum absolute atomic E-state index is 5.92. The van der Waals surface area contributed by atoms with Gasteiger partial charge in [0.15, 0.2) is 0 Å². The maximum atomic E-state index is 5.92. The average molecular weight is 320 g/mol. The van der Waals surface area contributed by atoms with E-state index in [2.05, 4.69) is 34.1 Å². The lowest BCUT2D eigenvalue weighted by molar-refractivity contribution is 0.316. The summed E-state index contributed by atoms with van der Waals surface area (Å²) in [6, 6.07) is 14.4. The lowest BCUT2D eigenvalue weighted by Crippen LogP contribution is -2.07. The molecule has 0 saturated heterocycles. The number of benzene rings is 2. The molecule has 2 nitrogen and oxygen atoms in total. The van der Waals surface area contributed by atoms with Crippen LogP contribution in [0.5, 0.6) is 5.75 Å². The second kappa shape index (κ2) is 6.73. The molecule has 0 spiro atoms. The molecule has 0 aliphatic heterocycles. The van der Waals surface area contributed by atoms with Crippen LogP contribution in [-0.2, 0) is 13.0 Å². The SMILES string of the molecule is Cc1cc(Br)cc(CN)c1OCCc1ccccc1. The Morgan fingerprint density at radius 3 is 2.58 bits per heavy atom. The molecule has 0 fully saturated rings. The molecule has 19 heavy (non-hydrogen) atoms. The Kier molecular flexibility index (Phi) is 5.00. The normalized spacial score (nSPS) is 10.5. The van der Waals surface area contributed by atoms with E-state index in [1.165, 1.54) is 5.56 Å². The summed E-state index contributed by atoms with van der Waals surface area (Å²) in [6.07, 6.45) is 0.903. The van der Waals surface area contributed by atoms with Crippen molar-refractivity contribution in [2.75, 3.05) is 6.61 Å². The van der Waals surface area contributed by atoms with Gasteiger partial charge >= 0.3 is 0 Å². The van der Waals surface area contributed by atoms with Crippen LogP contribution in [0.2, 0.25) is 0 Å². The molecule has 2 aromatic rings. The minimum absolute atomic E-state index is 0.487. The van der Waals surface area contributed by atoms with E-state index in [1.807, 2.05) is 31.2 Å². The number of halogens is 1. The highest BCUT2D eigenvalue weighted by Crippen LogP contribution is 2.27. The van der Waals surface area contributed by atoms with Crippen LogP contribution in [0.15, 0.2) is 46.9 Å². The lowest BCUT2D eigenvalue weighted by atomic mass is 10.1. The largest absolute Gasteiger partial charge is 0.493 e. The average Bonchev–Trinajstić information content (AvgIpc) is 2.42. The van der Waals surface area contributed by atoms with E-state index < -0.39 is 0 Å². The summed E-state index contributed by atoms with van der Waals surface area (Å²) >= 11 is 3.48. The van der Waals surface area contributed by atoms with Crippen LogP contribution in [-0.4, -0.2) is 6.61 Å². The Balaban J connectivity index is 2.03. The zero-order valence-corrected chi connectivity index (χ0v) is 12.6. The van der Waals surface area contributed by atoms with Crippen molar-refractivity contribution in [1.29, 1.82) is 0 Å². The van der Waals surface area contributed by atoms with Crippen molar-refractivity contribution in [2.45, 2.75) is 19.9 Å². The number of ether oxygens (including phenoxy) is 1. The van der Waals surface area contributed by atoms with Crippen molar-refractivity contribution in [3.63, 3.8) is 0 Å². The monoisotopic (exact) mass is 319 g/mol. The van der Waals surface area contributed by atoms with Crippen LogP contribution in [0.3, 0.4) is 0 Å². The van der Waals surface area contributed by atoms with Crippen LogP contribution in [0.1, 0.15) is 16.7 Å². The summed E-state index contributed by atoms with van der Waals surface area (Å²) in [5.41, 5.74) is 9.21. The van der Waals surface area contributed by atoms with Crippen molar-refractivity contribution >= 4 is 15.9 Å². The minimum Gasteiger partial charge on any atom is -0.493 e. The summed E-state index contributed by atoms with van der Waals surface area (Å²) in [4.78, 5) is 0. The van der Waals surface area contributed by atoms with E-state index in [0.717, 1.165) is 27.8 Å². The molecule has 0 radical (unpaired) electrons. The van der Waals surface area contributed by atoms with Gasteiger partial charge in [-0.3, -0.25) is 0 Å². The first-order valence-corrected chi connectivity index (χ1v) is 7.16. The van der Waals surface area contributed by atoms with E-state index in [9.17, 15) is 0 Å². The highest BCUT2D eigenvalue weighted by Gasteiger charge is 2.07. The Bertz CT molecular complexity index is 540. The molecule has 2 N–H and O–H groups in total. The fourth-order valence-corrected chi connectivity index (χ4v) is 2.69. The van der Waals surface area contributed by atoms with E-state index in [4.69, 9.17) is 10.5 Å². The topological polar surface area (TPSA) is 35.2 Å². The number of aryl methyl sites for hydroxylation is 1. The minimum atomic E-state index is 0.487. The van der Waals surface area contributed by atoms with Crippen LogP contribution in [0, 0.1) is 6.92 Å². The van der Waals surface area contributed by atoms with E-state index >= 15 is 0 Å². The van der Waals surface area contributed by atoms with Gasteiger partial charge in [-0.2, -0.15) is 0 Å². The third-order valence-corrected chi connectivity index (χ3v) is 3.47. The Labute approximate surface area is 122 Å². The summed E-state index contributed by atoms with van der Waals surface area (Å²) in [5, 5.41) is 0. The van der Waals surface area contributed by atoms with Crippen LogP contribution in [0.25, 0.3) is 0 Å². The van der Waals surface area contributed by atoms with Crippen molar-refractivity contribution in [3.05, 3.63) is 63.6 Å². The molecular weight excluding hydrogens is 302 g/mol. The predicted molar refractivity (Wildman–Crippen MR) is 82.4 cm³/mol. The van der Waals surface area contributed by atoms with E-state index in [-0.39, 0.29) is 0 Å². The summed E-state index contributed by atoms with van der Waals surface area (Å²) in [7, 11) is 0. The molecular formula is C16H18BrNO. The fraction of sp³-hybridized carbons (Fsp3) is 0.250. The van der Waals surface area contributed by atoms with Gasteiger partial charge in [0.2, 0.25) is 0 Å². The second-order valence-electron chi connectivity index (χ2n) is 4.50. The number of rotatable bonds is 5. The molecule has 0 aromatic heterocycles. The lowest BCUT2D eigenvalue weighted by Gasteiger charge is -2.14. The number of nitrogens with two attached hydrogens (primary N) is 1. The number of hydrogen-bond donors (Lipinski definition) is 1. The molecule has 0 unspecified atom stereocenters. The van der Waals surface area contributed by atoms with Crippen molar-refractivity contribution in [2.24, 2.45) is 5.73 Å². The van der Waals surface area contributed by atoms with Crippen molar-refractivity contribution < 1.29 is 4.74 Å². The Morgan fingerprint density at radius 1 is 1.16 bits per heavy atom. The van der Waals surface area contributed by atoms with Gasteiger partial charge in [-0.1, -0.05) is 46.3 Å². The molecule has 0 atom stereocenters. The third-order valence-electron chi connectivity index (χ3n) is 3.02. The third kappa shape index (κ3) is 3.82. The van der Waals surface area contributed by atoms with E-state index in [0.29, 0.717) is 13.2 Å². The molecule has 2 aromatic carbocycles. The molecule has 0 bridgehead atoms.